The van der Waals surface area contributed by atoms with Gasteiger partial charge in [-0.3, -0.25) is 14.9 Å². The zero-order valence-electron chi connectivity index (χ0n) is 14.7. The molecule has 0 saturated carbocycles. The Morgan fingerprint density at radius 3 is 2.74 bits per heavy atom. The molecule has 0 saturated heterocycles. The van der Waals surface area contributed by atoms with Gasteiger partial charge in [0.1, 0.15) is 4.34 Å². The average Bonchev–Trinajstić information content (AvgIpc) is 3.27. The second-order valence-corrected chi connectivity index (χ2v) is 9.35. The largest absolute Gasteiger partial charge is 0.298 e. The van der Waals surface area contributed by atoms with E-state index in [1.165, 1.54) is 11.3 Å². The Hall–Kier alpha value is -2.03. The number of thioether (sulfide) groups is 1. The summed E-state index contributed by atoms with van der Waals surface area (Å²) in [7, 11) is 0. The molecule has 0 unspecified atom stereocenters. The molecule has 1 amide bonds. The molecular weight excluding hydrogens is 398 g/mol. The van der Waals surface area contributed by atoms with E-state index in [9.17, 15) is 9.59 Å². The Kier molecular flexibility index (Phi) is 5.38. The number of hydrogen-bond acceptors (Lipinski definition) is 7. The van der Waals surface area contributed by atoms with Gasteiger partial charge in [0.2, 0.25) is 0 Å². The maximum atomic E-state index is 12.5. The van der Waals surface area contributed by atoms with Crippen LogP contribution in [0.25, 0.3) is 0 Å². The number of ketones is 1. The van der Waals surface area contributed by atoms with E-state index < -0.39 is 0 Å². The lowest BCUT2D eigenvalue weighted by molar-refractivity contribution is 0.0975. The molecule has 1 aromatic carbocycles. The number of hydrogen-bond donors (Lipinski definition) is 1. The van der Waals surface area contributed by atoms with Gasteiger partial charge < -0.3 is 0 Å². The van der Waals surface area contributed by atoms with Crippen LogP contribution < -0.4 is 5.32 Å². The fourth-order valence-corrected chi connectivity index (χ4v) is 5.57. The van der Waals surface area contributed by atoms with Crippen molar-refractivity contribution in [3.8, 4) is 0 Å². The van der Waals surface area contributed by atoms with Crippen LogP contribution in [0.1, 0.15) is 49.8 Å². The van der Waals surface area contributed by atoms with Gasteiger partial charge in [0, 0.05) is 28.8 Å². The topological polar surface area (TPSA) is 72.0 Å². The Labute approximate surface area is 169 Å². The van der Waals surface area contributed by atoms with Crippen molar-refractivity contribution >= 4 is 51.3 Å². The normalized spacial score (nSPS) is 13.4. The molecule has 2 heterocycles. The third-order valence-electron chi connectivity index (χ3n) is 4.16. The highest BCUT2D eigenvalue weighted by molar-refractivity contribution is 8.00. The summed E-state index contributed by atoms with van der Waals surface area (Å²) in [4.78, 5) is 33.9. The SMILES string of the molecule is Cc1csc(SCc2ccc(C(=O)Nc3nc4c(s3)C(=O)CCC4)cc2)n1. The number of Topliss-reactive ketones (excluding diaryl/α,β-unsaturated/α-hetero) is 1. The van der Waals surface area contributed by atoms with E-state index in [0.29, 0.717) is 22.0 Å². The van der Waals surface area contributed by atoms with Gasteiger partial charge in [-0.15, -0.1) is 11.3 Å². The first-order valence-electron chi connectivity index (χ1n) is 8.56. The van der Waals surface area contributed by atoms with E-state index in [1.54, 1.807) is 23.1 Å². The molecule has 1 N–H and O–H groups in total. The van der Waals surface area contributed by atoms with E-state index in [4.69, 9.17) is 0 Å². The zero-order valence-corrected chi connectivity index (χ0v) is 17.1. The minimum absolute atomic E-state index is 0.131. The molecule has 0 fully saturated rings. The number of aryl methyl sites for hydroxylation is 2. The number of carbonyl (C=O) groups is 2. The molecule has 3 aromatic rings. The number of aromatic nitrogens is 2. The molecule has 27 heavy (non-hydrogen) atoms. The fraction of sp³-hybridized carbons (Fsp3) is 0.263. The van der Waals surface area contributed by atoms with Gasteiger partial charge in [-0.05, 0) is 37.5 Å². The number of nitrogens with zero attached hydrogens (tertiary/aromatic N) is 2. The van der Waals surface area contributed by atoms with Crippen LogP contribution in [0.3, 0.4) is 0 Å². The minimum Gasteiger partial charge on any atom is -0.298 e. The summed E-state index contributed by atoms with van der Waals surface area (Å²) in [6, 6.07) is 7.55. The molecule has 5 nitrogen and oxygen atoms in total. The van der Waals surface area contributed by atoms with E-state index in [0.717, 1.165) is 39.9 Å². The maximum Gasteiger partial charge on any atom is 0.257 e. The van der Waals surface area contributed by atoms with Crippen LogP contribution in [-0.2, 0) is 12.2 Å². The Bertz CT molecular complexity index is 992. The highest BCUT2D eigenvalue weighted by atomic mass is 32.2. The number of nitrogens with one attached hydrogen (secondary N) is 1. The van der Waals surface area contributed by atoms with Gasteiger partial charge in [0.05, 0.1) is 10.6 Å². The van der Waals surface area contributed by atoms with Crippen molar-refractivity contribution in [2.45, 2.75) is 36.3 Å². The van der Waals surface area contributed by atoms with Crippen molar-refractivity contribution in [2.24, 2.45) is 0 Å². The van der Waals surface area contributed by atoms with Crippen molar-refractivity contribution in [1.82, 2.24) is 9.97 Å². The fourth-order valence-electron chi connectivity index (χ4n) is 2.79. The molecule has 1 aliphatic rings. The number of fused-ring (bicyclic) bond motifs is 1. The first-order valence-corrected chi connectivity index (χ1v) is 11.2. The van der Waals surface area contributed by atoms with Crippen LogP contribution >= 0.6 is 34.4 Å². The number of amides is 1. The summed E-state index contributed by atoms with van der Waals surface area (Å²) in [5, 5.41) is 5.36. The van der Waals surface area contributed by atoms with E-state index in [1.807, 2.05) is 36.6 Å². The predicted octanol–water partition coefficient (Wildman–Crippen LogP) is 4.97. The summed E-state index contributed by atoms with van der Waals surface area (Å²) in [5.41, 5.74) is 3.57. The number of thiazole rings is 2. The molecule has 0 atom stereocenters. The van der Waals surface area contributed by atoms with E-state index in [-0.39, 0.29) is 11.7 Å². The van der Waals surface area contributed by atoms with Gasteiger partial charge >= 0.3 is 0 Å². The van der Waals surface area contributed by atoms with Crippen molar-refractivity contribution in [1.29, 1.82) is 0 Å². The van der Waals surface area contributed by atoms with Gasteiger partial charge in [0.15, 0.2) is 10.9 Å². The Morgan fingerprint density at radius 1 is 1.22 bits per heavy atom. The minimum atomic E-state index is -0.205. The molecule has 1 aliphatic carbocycles. The second-order valence-electron chi connectivity index (χ2n) is 6.27. The number of carbonyl (C=O) groups excluding carboxylic acids is 2. The quantitative estimate of drug-likeness (QED) is 0.596. The highest BCUT2D eigenvalue weighted by Gasteiger charge is 2.22. The average molecular weight is 416 g/mol. The zero-order chi connectivity index (χ0) is 18.8. The summed E-state index contributed by atoms with van der Waals surface area (Å²) in [5.74, 6) is 0.741. The molecular formula is C19H17N3O2S3. The van der Waals surface area contributed by atoms with Gasteiger partial charge in [-0.25, -0.2) is 9.97 Å². The van der Waals surface area contributed by atoms with E-state index >= 15 is 0 Å². The lowest BCUT2D eigenvalue weighted by Crippen LogP contribution is -2.11. The summed E-state index contributed by atoms with van der Waals surface area (Å²) >= 11 is 4.62. The number of anilines is 1. The van der Waals surface area contributed by atoms with Crippen LogP contribution in [0, 0.1) is 6.92 Å². The summed E-state index contributed by atoms with van der Waals surface area (Å²) in [6.07, 6.45) is 2.21. The highest BCUT2D eigenvalue weighted by Crippen LogP contribution is 2.30. The van der Waals surface area contributed by atoms with Crippen molar-refractivity contribution in [3.05, 3.63) is 57.0 Å². The Morgan fingerprint density at radius 2 is 2.04 bits per heavy atom. The number of rotatable bonds is 5. The van der Waals surface area contributed by atoms with Crippen molar-refractivity contribution in [2.75, 3.05) is 5.32 Å². The molecule has 8 heteroatoms. The summed E-state index contributed by atoms with van der Waals surface area (Å²) < 4.78 is 1.05. The molecule has 0 aliphatic heterocycles. The summed E-state index contributed by atoms with van der Waals surface area (Å²) in [6.45, 7) is 1.99. The van der Waals surface area contributed by atoms with Gasteiger partial charge in [0.25, 0.3) is 5.91 Å². The Balaban J connectivity index is 1.38. The van der Waals surface area contributed by atoms with Gasteiger partial charge in [-0.2, -0.15) is 0 Å². The maximum absolute atomic E-state index is 12.5. The standard InChI is InChI=1S/C19H17N3O2S3/c1-11-9-25-19(20-11)26-10-12-5-7-13(8-6-12)17(24)22-18-21-14-3-2-4-15(23)16(14)27-18/h5-9H,2-4,10H2,1H3,(H,21,22,24). The predicted molar refractivity (Wildman–Crippen MR) is 110 cm³/mol. The third-order valence-corrected chi connectivity index (χ3v) is 7.43. The second kappa shape index (κ2) is 7.92. The van der Waals surface area contributed by atoms with Crippen molar-refractivity contribution in [3.63, 3.8) is 0 Å². The molecule has 0 bridgehead atoms. The molecule has 4 rings (SSSR count). The van der Waals surface area contributed by atoms with Crippen molar-refractivity contribution < 1.29 is 9.59 Å². The first-order chi connectivity index (χ1) is 13.1. The smallest absolute Gasteiger partial charge is 0.257 e. The van der Waals surface area contributed by atoms with Crippen LogP contribution in [-0.4, -0.2) is 21.7 Å². The van der Waals surface area contributed by atoms with Crippen LogP contribution in [0.4, 0.5) is 5.13 Å². The van der Waals surface area contributed by atoms with Crippen LogP contribution in [0.5, 0.6) is 0 Å². The lowest BCUT2D eigenvalue weighted by atomic mass is 10.0. The van der Waals surface area contributed by atoms with Crippen LogP contribution in [0.15, 0.2) is 34.0 Å². The molecule has 138 valence electrons. The molecule has 0 spiro atoms. The number of benzene rings is 1. The lowest BCUT2D eigenvalue weighted by Gasteiger charge is -2.05. The van der Waals surface area contributed by atoms with Crippen LogP contribution in [0.2, 0.25) is 0 Å². The monoisotopic (exact) mass is 415 g/mol. The van der Waals surface area contributed by atoms with Gasteiger partial charge in [-0.1, -0.05) is 35.2 Å². The van der Waals surface area contributed by atoms with E-state index in [2.05, 4.69) is 15.3 Å². The molecule has 2 aromatic heterocycles. The first kappa shape index (κ1) is 18.3. The third kappa shape index (κ3) is 4.28. The molecule has 0 radical (unpaired) electrons.